The van der Waals surface area contributed by atoms with E-state index in [0.717, 1.165) is 25.7 Å². The molecule has 1 aliphatic heterocycles. The van der Waals surface area contributed by atoms with E-state index in [2.05, 4.69) is 26.1 Å². The predicted octanol–water partition coefficient (Wildman–Crippen LogP) is 7.81. The summed E-state index contributed by atoms with van der Waals surface area (Å²) < 4.78 is 1.30. The Morgan fingerprint density at radius 3 is 1.44 bits per heavy atom. The summed E-state index contributed by atoms with van der Waals surface area (Å²) in [6.07, 6.45) is 19.3. The van der Waals surface area contributed by atoms with Crippen LogP contribution in [0.2, 0.25) is 0 Å². The van der Waals surface area contributed by atoms with Gasteiger partial charge in [0.25, 0.3) is 0 Å². The molecule has 0 bridgehead atoms. The molecule has 0 aromatic carbocycles. The van der Waals surface area contributed by atoms with Gasteiger partial charge in [-0.1, -0.05) is 64.2 Å². The van der Waals surface area contributed by atoms with Crippen LogP contribution < -0.4 is 5.32 Å². The number of nitrogens with one attached hydrogen (secondary N) is 1. The lowest BCUT2D eigenvalue weighted by molar-refractivity contribution is -0.923. The van der Waals surface area contributed by atoms with Gasteiger partial charge >= 0.3 is 0 Å². The molecule has 0 aromatic heterocycles. The molecular formula is C31H63N3O2+. The Hall–Kier alpha value is -0.650. The van der Waals surface area contributed by atoms with Crippen molar-refractivity contribution in [2.24, 2.45) is 0 Å². The predicted molar refractivity (Wildman–Crippen MR) is 153 cm³/mol. The summed E-state index contributed by atoms with van der Waals surface area (Å²) in [5.41, 5.74) is -0.853. The van der Waals surface area contributed by atoms with E-state index in [4.69, 9.17) is 0 Å². The molecule has 1 amide bonds. The van der Waals surface area contributed by atoms with Gasteiger partial charge in [-0.15, -0.1) is 10.3 Å². The maximum absolute atomic E-state index is 12.5. The molecule has 0 atom stereocenters. The number of carbonyl (C=O) groups is 1. The number of unbranched alkanes of at least 4 members (excludes halogenated alkanes) is 12. The van der Waals surface area contributed by atoms with E-state index in [1.54, 1.807) is 0 Å². The van der Waals surface area contributed by atoms with Crippen LogP contribution in [0.1, 0.15) is 151 Å². The van der Waals surface area contributed by atoms with Crippen molar-refractivity contribution in [1.82, 2.24) is 10.4 Å². The van der Waals surface area contributed by atoms with Crippen molar-refractivity contribution < 1.29 is 14.5 Å². The Morgan fingerprint density at radius 2 is 1.06 bits per heavy atom. The Balaban J connectivity index is 1.94. The van der Waals surface area contributed by atoms with Gasteiger partial charge in [0.15, 0.2) is 0 Å². The van der Waals surface area contributed by atoms with Crippen molar-refractivity contribution in [3.63, 3.8) is 0 Å². The van der Waals surface area contributed by atoms with Crippen LogP contribution >= 0.6 is 0 Å². The molecule has 1 rings (SSSR count). The average molecular weight is 510 g/mol. The van der Waals surface area contributed by atoms with Crippen molar-refractivity contribution >= 4 is 5.91 Å². The molecule has 0 spiro atoms. The number of carbonyl (C=O) groups excluding carboxylic acids is 1. The number of rotatable bonds is 20. The number of hydroxylamine groups is 2. The summed E-state index contributed by atoms with van der Waals surface area (Å²) in [7, 11) is 0. The van der Waals surface area contributed by atoms with Crippen LogP contribution in [-0.2, 0) is 10.0 Å². The second kappa shape index (κ2) is 17.0. The second-order valence-corrected chi connectivity index (χ2v) is 13.0. The van der Waals surface area contributed by atoms with Crippen LogP contribution in [0.15, 0.2) is 0 Å². The third-order valence-electron chi connectivity index (χ3n) is 9.01. The van der Waals surface area contributed by atoms with Crippen LogP contribution in [0.3, 0.4) is 0 Å². The first-order valence-corrected chi connectivity index (χ1v) is 15.6. The molecule has 5 nitrogen and oxygen atoms in total. The van der Waals surface area contributed by atoms with Gasteiger partial charge in [-0.2, -0.15) is 0 Å². The van der Waals surface area contributed by atoms with Crippen LogP contribution in [0.5, 0.6) is 0 Å². The number of nitrogens with zero attached hydrogens (tertiary/aromatic N) is 2. The molecule has 1 heterocycles. The molecule has 0 aliphatic carbocycles. The van der Waals surface area contributed by atoms with Crippen molar-refractivity contribution in [1.29, 1.82) is 0 Å². The summed E-state index contributed by atoms with van der Waals surface area (Å²) in [6.45, 7) is 20.2. The van der Waals surface area contributed by atoms with Crippen molar-refractivity contribution in [3.05, 3.63) is 0 Å². The fraction of sp³-hybridized carbons (Fsp3) is 0.968. The topological polar surface area (TPSA) is 52.2 Å². The highest BCUT2D eigenvalue weighted by molar-refractivity contribution is 5.76. The Bertz CT molecular complexity index is 560. The summed E-state index contributed by atoms with van der Waals surface area (Å²) >= 11 is 0. The zero-order valence-electron chi connectivity index (χ0n) is 25.4. The van der Waals surface area contributed by atoms with Gasteiger partial charge in [-0.05, 0) is 80.6 Å². The minimum absolute atomic E-state index is 0.106. The van der Waals surface area contributed by atoms with Gasteiger partial charge in [-0.3, -0.25) is 4.79 Å². The van der Waals surface area contributed by atoms with E-state index in [-0.39, 0.29) is 11.9 Å². The van der Waals surface area contributed by atoms with Gasteiger partial charge in [0.2, 0.25) is 5.91 Å². The molecule has 36 heavy (non-hydrogen) atoms. The maximum atomic E-state index is 12.5. The molecular weight excluding hydrogens is 446 g/mol. The van der Waals surface area contributed by atoms with E-state index in [1.807, 2.05) is 27.7 Å². The van der Waals surface area contributed by atoms with E-state index < -0.39 is 11.1 Å². The van der Waals surface area contributed by atoms with Crippen LogP contribution in [0, 0.1) is 0 Å². The molecule has 1 saturated heterocycles. The molecule has 1 fully saturated rings. The summed E-state index contributed by atoms with van der Waals surface area (Å²) in [5, 5.41) is 16.9. The Morgan fingerprint density at radius 1 is 0.694 bits per heavy atom. The van der Waals surface area contributed by atoms with Gasteiger partial charge in [0.05, 0.1) is 26.2 Å². The van der Waals surface area contributed by atoms with Gasteiger partial charge in [-0.25, -0.2) is 0 Å². The highest BCUT2D eigenvalue weighted by atomic mass is 16.5. The Labute approximate surface area is 225 Å². The van der Waals surface area contributed by atoms with Gasteiger partial charge in [0.1, 0.15) is 0 Å². The minimum Gasteiger partial charge on any atom is -0.353 e. The average Bonchev–Trinajstić information content (AvgIpc) is 2.82. The van der Waals surface area contributed by atoms with Crippen molar-refractivity contribution in [2.75, 3.05) is 26.2 Å². The van der Waals surface area contributed by atoms with E-state index >= 15 is 0 Å². The van der Waals surface area contributed by atoms with E-state index in [9.17, 15) is 10.0 Å². The Kier molecular flexibility index (Phi) is 15.8. The quantitative estimate of drug-likeness (QED) is 0.134. The second-order valence-electron chi connectivity index (χ2n) is 13.0. The fourth-order valence-corrected chi connectivity index (χ4v) is 6.49. The van der Waals surface area contributed by atoms with Crippen LogP contribution in [-0.4, -0.2) is 58.8 Å². The summed E-state index contributed by atoms with van der Waals surface area (Å²) in [5.74, 6) is 0.158. The SMILES string of the molecule is CC[N+](CC)(CC)CCCCCCCCCCCCCCCC(=O)NC1CC(C)(C)N([O])C(C)(C)C1. The number of hydrogen-bond donors (Lipinski definition) is 1. The highest BCUT2D eigenvalue weighted by Gasteiger charge is 2.46. The van der Waals surface area contributed by atoms with Crippen LogP contribution in [0.25, 0.3) is 0 Å². The molecule has 0 saturated carbocycles. The maximum Gasteiger partial charge on any atom is 0.220 e. The molecule has 5 heteroatoms. The number of amides is 1. The summed E-state index contributed by atoms with van der Waals surface area (Å²) in [4.78, 5) is 12.4. The smallest absolute Gasteiger partial charge is 0.220 e. The highest BCUT2D eigenvalue weighted by Crippen LogP contribution is 2.37. The first-order valence-electron chi connectivity index (χ1n) is 15.6. The normalized spacial score (nSPS) is 18.4. The van der Waals surface area contributed by atoms with Crippen molar-refractivity contribution in [3.8, 4) is 0 Å². The lowest BCUT2D eigenvalue weighted by atomic mass is 9.79. The van der Waals surface area contributed by atoms with Crippen molar-refractivity contribution in [2.45, 2.75) is 168 Å². The third-order valence-corrected chi connectivity index (χ3v) is 9.01. The monoisotopic (exact) mass is 509 g/mol. The molecule has 1 aliphatic rings. The van der Waals surface area contributed by atoms with Gasteiger partial charge < -0.3 is 9.80 Å². The lowest BCUT2D eigenvalue weighted by Crippen LogP contribution is -2.62. The molecule has 0 aromatic rings. The minimum atomic E-state index is -0.427. The molecule has 0 unspecified atom stereocenters. The zero-order chi connectivity index (χ0) is 27.1. The molecule has 1 radical (unpaired) electrons. The first kappa shape index (κ1) is 33.4. The first-order chi connectivity index (χ1) is 17.0. The number of hydrogen-bond acceptors (Lipinski definition) is 2. The standard InChI is InChI=1S/C31H62N3O2/c1-8-34(9-2,10-3)25-23-21-19-17-15-13-11-12-14-16-18-20-22-24-29(35)32-28-26-30(4,5)33(36)31(6,7)27-28/h28H,8-27H2,1-7H3/p+1. The largest absolute Gasteiger partial charge is 0.353 e. The zero-order valence-corrected chi connectivity index (χ0v) is 25.4. The third kappa shape index (κ3) is 12.3. The van der Waals surface area contributed by atoms with E-state index in [0.29, 0.717) is 6.42 Å². The number of piperidine rings is 1. The number of quaternary nitrogens is 1. The van der Waals surface area contributed by atoms with E-state index in [1.165, 1.54) is 106 Å². The molecule has 1 N–H and O–H groups in total. The molecule has 213 valence electrons. The lowest BCUT2D eigenvalue weighted by Gasteiger charge is -2.50. The van der Waals surface area contributed by atoms with Gasteiger partial charge in [0, 0.05) is 23.5 Å². The van der Waals surface area contributed by atoms with Crippen LogP contribution in [0.4, 0.5) is 0 Å². The summed E-state index contributed by atoms with van der Waals surface area (Å²) in [6, 6.07) is 0.106. The fourth-order valence-electron chi connectivity index (χ4n) is 6.49.